The predicted molar refractivity (Wildman–Crippen MR) is 87.1 cm³/mol. The van der Waals surface area contributed by atoms with Crippen molar-refractivity contribution in [2.75, 3.05) is 25.5 Å². The van der Waals surface area contributed by atoms with Crippen molar-refractivity contribution in [3.05, 3.63) is 53.5 Å². The predicted octanol–water partition coefficient (Wildman–Crippen LogP) is 1.87. The van der Waals surface area contributed by atoms with E-state index in [0.717, 1.165) is 0 Å². The fourth-order valence-electron chi connectivity index (χ4n) is 2.09. The molecule has 7 heteroatoms. The molecule has 0 atom stereocenters. The normalized spacial score (nSPS) is 9.88. The van der Waals surface area contributed by atoms with Crippen LogP contribution in [-0.4, -0.2) is 31.1 Å². The molecule has 1 aromatic carbocycles. The number of halogens is 1. The van der Waals surface area contributed by atoms with Crippen LogP contribution in [0.25, 0.3) is 0 Å². The summed E-state index contributed by atoms with van der Waals surface area (Å²) >= 11 is 0. The van der Waals surface area contributed by atoms with E-state index in [1.165, 1.54) is 19.2 Å². The third-order valence-corrected chi connectivity index (χ3v) is 3.25. The van der Waals surface area contributed by atoms with E-state index in [2.05, 4.69) is 15.6 Å². The molecule has 24 heavy (non-hydrogen) atoms. The molecule has 0 spiro atoms. The zero-order valence-corrected chi connectivity index (χ0v) is 13.2. The number of rotatable bonds is 7. The minimum Gasteiger partial charge on any atom is -0.494 e. The number of nitrogens with one attached hydrogen (secondary N) is 2. The molecule has 0 bridgehead atoms. The largest absolute Gasteiger partial charge is 0.494 e. The van der Waals surface area contributed by atoms with Crippen LogP contribution in [0.5, 0.6) is 5.75 Å². The maximum atomic E-state index is 13.6. The first-order valence-corrected chi connectivity index (χ1v) is 7.32. The number of hydrogen-bond acceptors (Lipinski definition) is 5. The number of carbonyl (C=O) groups excluding carboxylic acids is 1. The van der Waals surface area contributed by atoms with Gasteiger partial charge in [-0.15, -0.1) is 0 Å². The Kier molecular flexibility index (Phi) is 6.08. The fourth-order valence-corrected chi connectivity index (χ4v) is 2.09. The summed E-state index contributed by atoms with van der Waals surface area (Å²) in [4.78, 5) is 15.9. The molecule has 0 aliphatic carbocycles. The zero-order chi connectivity index (χ0) is 17.4. The molecule has 0 fully saturated rings. The Morgan fingerprint density at radius 1 is 1.38 bits per heavy atom. The molecule has 1 aromatic heterocycles. The summed E-state index contributed by atoms with van der Waals surface area (Å²) in [5.41, 5.74) is 1.01. The van der Waals surface area contributed by atoms with Gasteiger partial charge in [0, 0.05) is 19.3 Å². The highest BCUT2D eigenvalue weighted by molar-refractivity contribution is 5.78. The van der Waals surface area contributed by atoms with E-state index in [1.54, 1.807) is 24.4 Å². The van der Waals surface area contributed by atoms with Crippen molar-refractivity contribution < 1.29 is 13.9 Å². The summed E-state index contributed by atoms with van der Waals surface area (Å²) in [7, 11) is 1.39. The van der Waals surface area contributed by atoms with Crippen molar-refractivity contribution >= 4 is 11.7 Å². The highest BCUT2D eigenvalue weighted by Crippen LogP contribution is 2.17. The van der Waals surface area contributed by atoms with Crippen molar-refractivity contribution in [1.82, 2.24) is 10.3 Å². The van der Waals surface area contributed by atoms with Crippen molar-refractivity contribution in [2.24, 2.45) is 0 Å². The first-order chi connectivity index (χ1) is 11.6. The molecule has 0 unspecified atom stereocenters. The first kappa shape index (κ1) is 17.2. The smallest absolute Gasteiger partial charge is 0.224 e. The summed E-state index contributed by atoms with van der Waals surface area (Å²) in [5, 5.41) is 14.7. The van der Waals surface area contributed by atoms with Crippen LogP contribution in [0.1, 0.15) is 11.1 Å². The van der Waals surface area contributed by atoms with Crippen LogP contribution < -0.4 is 15.4 Å². The third kappa shape index (κ3) is 4.68. The molecule has 6 nitrogen and oxygen atoms in total. The minimum atomic E-state index is -0.497. The molecule has 2 N–H and O–H groups in total. The Balaban J connectivity index is 1.77. The summed E-state index contributed by atoms with van der Waals surface area (Å²) in [5.74, 6) is -0.0926. The number of nitriles is 1. The molecule has 0 aliphatic rings. The number of anilines is 1. The Hall–Kier alpha value is -3.14. The second kappa shape index (κ2) is 8.48. The SMILES string of the molecule is COc1ccc(CC(=O)NCCNc2ncccc2C#N)cc1F. The summed E-state index contributed by atoms with van der Waals surface area (Å²) < 4.78 is 18.4. The molecule has 0 radical (unpaired) electrons. The molecule has 0 saturated carbocycles. The van der Waals surface area contributed by atoms with Gasteiger partial charge in [-0.3, -0.25) is 4.79 Å². The van der Waals surface area contributed by atoms with Gasteiger partial charge in [0.05, 0.1) is 19.1 Å². The van der Waals surface area contributed by atoms with Crippen LogP contribution in [-0.2, 0) is 11.2 Å². The number of nitrogens with zero attached hydrogens (tertiary/aromatic N) is 2. The van der Waals surface area contributed by atoms with E-state index in [4.69, 9.17) is 10.00 Å². The van der Waals surface area contributed by atoms with Gasteiger partial charge in [0.1, 0.15) is 11.9 Å². The van der Waals surface area contributed by atoms with E-state index in [-0.39, 0.29) is 18.1 Å². The Morgan fingerprint density at radius 2 is 2.21 bits per heavy atom. The Morgan fingerprint density at radius 3 is 2.92 bits per heavy atom. The Labute approximate surface area is 139 Å². The lowest BCUT2D eigenvalue weighted by Crippen LogP contribution is -2.30. The van der Waals surface area contributed by atoms with E-state index >= 15 is 0 Å². The molecule has 124 valence electrons. The van der Waals surface area contributed by atoms with Gasteiger partial charge >= 0.3 is 0 Å². The summed E-state index contributed by atoms with van der Waals surface area (Å²) in [6.07, 6.45) is 1.66. The molecule has 0 saturated heterocycles. The van der Waals surface area contributed by atoms with E-state index in [9.17, 15) is 9.18 Å². The van der Waals surface area contributed by atoms with Crippen LogP contribution in [0.15, 0.2) is 36.5 Å². The minimum absolute atomic E-state index is 0.0773. The van der Waals surface area contributed by atoms with Crippen molar-refractivity contribution in [3.8, 4) is 11.8 Å². The lowest BCUT2D eigenvalue weighted by Gasteiger charge is -2.09. The Bertz CT molecular complexity index is 758. The second-order valence-electron chi connectivity index (χ2n) is 4.93. The van der Waals surface area contributed by atoms with Gasteiger partial charge in [0.15, 0.2) is 11.6 Å². The zero-order valence-electron chi connectivity index (χ0n) is 13.2. The molecular formula is C17H17FN4O2. The van der Waals surface area contributed by atoms with E-state index in [1.807, 2.05) is 6.07 Å². The van der Waals surface area contributed by atoms with Gasteiger partial charge in [-0.1, -0.05) is 6.07 Å². The first-order valence-electron chi connectivity index (χ1n) is 7.32. The number of amides is 1. The average molecular weight is 328 g/mol. The summed E-state index contributed by atoms with van der Waals surface area (Å²) in [6, 6.07) is 9.79. The number of benzene rings is 1. The van der Waals surface area contributed by atoms with Crippen molar-refractivity contribution in [3.63, 3.8) is 0 Å². The number of ether oxygens (including phenoxy) is 1. The van der Waals surface area contributed by atoms with E-state index < -0.39 is 5.82 Å². The topological polar surface area (TPSA) is 87.0 Å². The van der Waals surface area contributed by atoms with Crippen molar-refractivity contribution in [1.29, 1.82) is 5.26 Å². The van der Waals surface area contributed by atoms with Crippen LogP contribution in [0.2, 0.25) is 0 Å². The molecule has 1 heterocycles. The van der Waals surface area contributed by atoms with E-state index in [0.29, 0.717) is 30.0 Å². The lowest BCUT2D eigenvalue weighted by atomic mass is 10.1. The van der Waals surface area contributed by atoms with Gasteiger partial charge < -0.3 is 15.4 Å². The third-order valence-electron chi connectivity index (χ3n) is 3.25. The maximum Gasteiger partial charge on any atom is 0.224 e. The number of aromatic nitrogens is 1. The number of hydrogen-bond donors (Lipinski definition) is 2. The average Bonchev–Trinajstić information content (AvgIpc) is 2.59. The standard InChI is InChI=1S/C17H17FN4O2/c1-24-15-5-4-12(9-14(15)18)10-16(23)20-7-8-22-17-13(11-19)3-2-6-21-17/h2-6,9H,7-8,10H2,1H3,(H,20,23)(H,21,22). The van der Waals surface area contributed by atoms with Crippen molar-refractivity contribution in [2.45, 2.75) is 6.42 Å². The molecule has 2 aromatic rings. The van der Waals surface area contributed by atoms with Crippen LogP contribution >= 0.6 is 0 Å². The van der Waals surface area contributed by atoms with Gasteiger partial charge in [0.2, 0.25) is 5.91 Å². The molecule has 1 amide bonds. The lowest BCUT2D eigenvalue weighted by molar-refractivity contribution is -0.120. The highest BCUT2D eigenvalue weighted by Gasteiger charge is 2.07. The molecular weight excluding hydrogens is 311 g/mol. The monoisotopic (exact) mass is 328 g/mol. The highest BCUT2D eigenvalue weighted by atomic mass is 19.1. The number of pyridine rings is 1. The molecule has 2 rings (SSSR count). The fraction of sp³-hybridized carbons (Fsp3) is 0.235. The van der Waals surface area contributed by atoms with Gasteiger partial charge in [-0.25, -0.2) is 9.37 Å². The number of carbonyl (C=O) groups is 1. The van der Waals surface area contributed by atoms with Crippen LogP contribution in [0, 0.1) is 17.1 Å². The van der Waals surface area contributed by atoms with Gasteiger partial charge in [-0.05, 0) is 29.8 Å². The maximum absolute atomic E-state index is 13.6. The number of methoxy groups -OCH3 is 1. The van der Waals surface area contributed by atoms with Gasteiger partial charge in [0.25, 0.3) is 0 Å². The van der Waals surface area contributed by atoms with Crippen LogP contribution in [0.4, 0.5) is 10.2 Å². The molecule has 0 aliphatic heterocycles. The second-order valence-corrected chi connectivity index (χ2v) is 4.93. The van der Waals surface area contributed by atoms with Crippen LogP contribution in [0.3, 0.4) is 0 Å². The summed E-state index contributed by atoms with van der Waals surface area (Å²) in [6.45, 7) is 0.785. The van der Waals surface area contributed by atoms with Gasteiger partial charge in [-0.2, -0.15) is 5.26 Å². The quantitative estimate of drug-likeness (QED) is 0.758.